The Morgan fingerprint density at radius 3 is 2.59 bits per heavy atom. The van der Waals surface area contributed by atoms with Gasteiger partial charge < -0.3 is 9.47 Å². The number of halogens is 1. The molecule has 0 heterocycles. The first-order valence-electron chi connectivity index (χ1n) is 5.69. The van der Waals surface area contributed by atoms with Gasteiger partial charge in [-0.2, -0.15) is 0 Å². The number of hydrogen-bond acceptors (Lipinski definition) is 2. The Balaban J connectivity index is 2.07. The van der Waals surface area contributed by atoms with Crippen LogP contribution in [0.4, 0.5) is 0 Å². The Hall–Kier alpha value is -1.06. The average Bonchev–Trinajstić information content (AvgIpc) is 2.35. The van der Waals surface area contributed by atoms with Crippen molar-refractivity contribution in [1.29, 1.82) is 0 Å². The number of rotatable bonds is 5. The largest absolute Gasteiger partial charge is 0.491 e. The van der Waals surface area contributed by atoms with Crippen LogP contribution >= 0.6 is 15.9 Å². The monoisotopic (exact) mass is 294 g/mol. The van der Waals surface area contributed by atoms with E-state index in [1.807, 2.05) is 25.1 Å². The summed E-state index contributed by atoms with van der Waals surface area (Å²) in [6.45, 7) is 3.94. The molecule has 2 nitrogen and oxygen atoms in total. The minimum Gasteiger partial charge on any atom is -0.491 e. The van der Waals surface area contributed by atoms with Crippen LogP contribution in [0.15, 0.2) is 40.9 Å². The van der Waals surface area contributed by atoms with Gasteiger partial charge in [-0.15, -0.1) is 0 Å². The van der Waals surface area contributed by atoms with Crippen molar-refractivity contribution in [2.45, 2.75) is 6.92 Å². The van der Waals surface area contributed by atoms with Crippen molar-refractivity contribution in [1.82, 2.24) is 0 Å². The second kappa shape index (κ2) is 6.03. The topological polar surface area (TPSA) is 18.5 Å². The highest BCUT2D eigenvalue weighted by Gasteiger charge is 1.98. The molecule has 0 saturated heterocycles. The summed E-state index contributed by atoms with van der Waals surface area (Å²) in [4.78, 5) is 0. The van der Waals surface area contributed by atoms with Gasteiger partial charge in [0.25, 0.3) is 0 Å². The number of ether oxygens (including phenoxy) is 2. The van der Waals surface area contributed by atoms with Crippen LogP contribution in [0, 0.1) is 0 Å². The summed E-state index contributed by atoms with van der Waals surface area (Å²) in [6.07, 6.45) is 0. The minimum atomic E-state index is 0.593. The molecule has 0 aromatic heterocycles. The normalized spacial score (nSPS) is 10.7. The standard InChI is InChI=1S/C14H15BrO2/c1-2-16-7-8-17-14-6-4-11-9-13(15)5-3-12(11)10-14/h3-6,9-10H,2,7-8H2,1H3. The second-order valence-corrected chi connectivity index (χ2v) is 4.61. The maximum Gasteiger partial charge on any atom is 0.120 e. The third kappa shape index (κ3) is 3.45. The zero-order valence-electron chi connectivity index (χ0n) is 9.78. The molecule has 0 aliphatic carbocycles. The lowest BCUT2D eigenvalue weighted by atomic mass is 10.1. The fraction of sp³-hybridized carbons (Fsp3) is 0.286. The first-order valence-corrected chi connectivity index (χ1v) is 6.49. The molecule has 0 bridgehead atoms. The van der Waals surface area contributed by atoms with Gasteiger partial charge in [-0.05, 0) is 42.0 Å². The summed E-state index contributed by atoms with van der Waals surface area (Å²) in [7, 11) is 0. The molecule has 0 saturated carbocycles. The molecule has 0 radical (unpaired) electrons. The van der Waals surface area contributed by atoms with E-state index in [0.717, 1.165) is 16.8 Å². The lowest BCUT2D eigenvalue weighted by Gasteiger charge is -2.07. The highest BCUT2D eigenvalue weighted by atomic mass is 79.9. The van der Waals surface area contributed by atoms with Crippen LogP contribution in [0.5, 0.6) is 5.75 Å². The molecule has 17 heavy (non-hydrogen) atoms. The third-order valence-electron chi connectivity index (χ3n) is 2.47. The number of fused-ring (bicyclic) bond motifs is 1. The molecule has 0 aliphatic rings. The maximum absolute atomic E-state index is 5.61. The Kier molecular flexibility index (Phi) is 4.40. The molecule has 2 rings (SSSR count). The van der Waals surface area contributed by atoms with Crippen LogP contribution in [0.1, 0.15) is 6.92 Å². The van der Waals surface area contributed by atoms with Gasteiger partial charge in [0.15, 0.2) is 0 Å². The van der Waals surface area contributed by atoms with E-state index < -0.39 is 0 Å². The lowest BCUT2D eigenvalue weighted by molar-refractivity contribution is 0.110. The lowest BCUT2D eigenvalue weighted by Crippen LogP contribution is -2.06. The van der Waals surface area contributed by atoms with Crippen molar-refractivity contribution in [3.05, 3.63) is 40.9 Å². The molecule has 0 N–H and O–H groups in total. The molecule has 90 valence electrons. The van der Waals surface area contributed by atoms with Gasteiger partial charge in [0.2, 0.25) is 0 Å². The summed E-state index contributed by atoms with van der Waals surface area (Å²) in [5, 5.41) is 2.39. The zero-order valence-corrected chi connectivity index (χ0v) is 11.4. The second-order valence-electron chi connectivity index (χ2n) is 3.70. The highest BCUT2D eigenvalue weighted by Crippen LogP contribution is 2.23. The van der Waals surface area contributed by atoms with E-state index in [0.29, 0.717) is 13.2 Å². The van der Waals surface area contributed by atoms with Crippen molar-refractivity contribution in [3.8, 4) is 5.75 Å². The predicted octanol–water partition coefficient (Wildman–Crippen LogP) is 4.02. The Morgan fingerprint density at radius 1 is 1.00 bits per heavy atom. The fourth-order valence-corrected chi connectivity index (χ4v) is 2.03. The Labute approximate surface area is 110 Å². The SMILES string of the molecule is CCOCCOc1ccc2cc(Br)ccc2c1. The van der Waals surface area contributed by atoms with Crippen LogP contribution in [0.3, 0.4) is 0 Å². The maximum atomic E-state index is 5.61. The molecule has 0 amide bonds. The summed E-state index contributed by atoms with van der Waals surface area (Å²) >= 11 is 3.46. The van der Waals surface area contributed by atoms with Gasteiger partial charge in [0.05, 0.1) is 6.61 Å². The van der Waals surface area contributed by atoms with Crippen molar-refractivity contribution in [2.75, 3.05) is 19.8 Å². The van der Waals surface area contributed by atoms with E-state index in [1.54, 1.807) is 0 Å². The first-order chi connectivity index (χ1) is 8.29. The van der Waals surface area contributed by atoms with Gasteiger partial charge in [0.1, 0.15) is 12.4 Å². The third-order valence-corrected chi connectivity index (χ3v) is 2.97. The van der Waals surface area contributed by atoms with Gasteiger partial charge in [0, 0.05) is 11.1 Å². The smallest absolute Gasteiger partial charge is 0.120 e. The van der Waals surface area contributed by atoms with E-state index in [4.69, 9.17) is 9.47 Å². The molecular weight excluding hydrogens is 280 g/mol. The molecule has 0 fully saturated rings. The summed E-state index contributed by atoms with van der Waals surface area (Å²) in [5.74, 6) is 0.888. The van der Waals surface area contributed by atoms with Crippen LogP contribution in [0.25, 0.3) is 10.8 Å². The predicted molar refractivity (Wildman–Crippen MR) is 73.6 cm³/mol. The van der Waals surface area contributed by atoms with Gasteiger partial charge in [-0.1, -0.05) is 28.1 Å². The number of hydrogen-bond donors (Lipinski definition) is 0. The molecule has 2 aromatic rings. The van der Waals surface area contributed by atoms with Gasteiger partial charge in [-0.3, -0.25) is 0 Å². The first kappa shape index (κ1) is 12.4. The van der Waals surface area contributed by atoms with Crippen molar-refractivity contribution < 1.29 is 9.47 Å². The van der Waals surface area contributed by atoms with E-state index >= 15 is 0 Å². The molecule has 0 unspecified atom stereocenters. The molecule has 0 spiro atoms. The zero-order chi connectivity index (χ0) is 12.1. The average molecular weight is 295 g/mol. The van der Waals surface area contributed by atoms with Crippen molar-refractivity contribution in [2.24, 2.45) is 0 Å². The highest BCUT2D eigenvalue weighted by molar-refractivity contribution is 9.10. The molecule has 3 heteroatoms. The molecule has 2 aromatic carbocycles. The van der Waals surface area contributed by atoms with Crippen LogP contribution in [-0.2, 0) is 4.74 Å². The van der Waals surface area contributed by atoms with Crippen LogP contribution in [0.2, 0.25) is 0 Å². The van der Waals surface area contributed by atoms with Crippen molar-refractivity contribution in [3.63, 3.8) is 0 Å². The van der Waals surface area contributed by atoms with Gasteiger partial charge >= 0.3 is 0 Å². The fourth-order valence-electron chi connectivity index (χ4n) is 1.65. The summed E-state index contributed by atoms with van der Waals surface area (Å²) in [6, 6.07) is 12.3. The number of benzene rings is 2. The van der Waals surface area contributed by atoms with E-state index in [-0.39, 0.29) is 0 Å². The van der Waals surface area contributed by atoms with Gasteiger partial charge in [-0.25, -0.2) is 0 Å². The minimum absolute atomic E-state index is 0.593. The van der Waals surface area contributed by atoms with Crippen molar-refractivity contribution >= 4 is 26.7 Å². The quantitative estimate of drug-likeness (QED) is 0.776. The summed E-state index contributed by atoms with van der Waals surface area (Å²) in [5.41, 5.74) is 0. The molecule has 0 atom stereocenters. The van der Waals surface area contributed by atoms with E-state index in [9.17, 15) is 0 Å². The van der Waals surface area contributed by atoms with Crippen LogP contribution < -0.4 is 4.74 Å². The van der Waals surface area contributed by atoms with Crippen LogP contribution in [-0.4, -0.2) is 19.8 Å². The Bertz CT molecular complexity index is 497. The molecular formula is C14H15BrO2. The molecule has 0 aliphatic heterocycles. The summed E-state index contributed by atoms with van der Waals surface area (Å²) < 4.78 is 11.9. The van der Waals surface area contributed by atoms with E-state index in [1.165, 1.54) is 10.8 Å². The van der Waals surface area contributed by atoms with E-state index in [2.05, 4.69) is 34.1 Å². The Morgan fingerprint density at radius 2 is 1.76 bits per heavy atom.